The Kier molecular flexibility index (Phi) is 7.15. The van der Waals surface area contributed by atoms with E-state index in [1.54, 1.807) is 32.3 Å². The van der Waals surface area contributed by atoms with Gasteiger partial charge in [0.05, 0.1) is 0 Å². The second-order valence-corrected chi connectivity index (χ2v) is 6.11. The van der Waals surface area contributed by atoms with Crippen molar-refractivity contribution in [1.82, 2.24) is 4.90 Å². The second kappa shape index (κ2) is 8.65. The molecule has 0 aromatic heterocycles. The van der Waals surface area contributed by atoms with Gasteiger partial charge in [-0.3, -0.25) is 9.59 Å². The number of nitrogens with zero attached hydrogens (tertiary/aromatic N) is 1. The topological polar surface area (TPSA) is 75.4 Å². The smallest absolute Gasteiger partial charge is 0.253 e. The Morgan fingerprint density at radius 1 is 1.04 bits per heavy atom. The third-order valence-electron chi connectivity index (χ3n) is 3.85. The summed E-state index contributed by atoms with van der Waals surface area (Å²) in [4.78, 5) is 25.9. The van der Waals surface area contributed by atoms with Crippen LogP contribution in [-0.2, 0) is 4.79 Å². The summed E-state index contributed by atoms with van der Waals surface area (Å²) in [6.45, 7) is 3.82. The first kappa shape index (κ1) is 20.7. The van der Waals surface area contributed by atoms with Crippen LogP contribution in [0, 0.1) is 13.8 Å². The maximum atomic E-state index is 12.3. The summed E-state index contributed by atoms with van der Waals surface area (Å²) in [7, 11) is 3.41. The zero-order valence-corrected chi connectivity index (χ0v) is 15.7. The molecule has 0 spiro atoms. The van der Waals surface area contributed by atoms with E-state index in [9.17, 15) is 9.59 Å². The number of nitrogens with two attached hydrogens (primary N) is 1. The molecule has 0 bridgehead atoms. The molecule has 3 N–H and O–H groups in total. The summed E-state index contributed by atoms with van der Waals surface area (Å²) >= 11 is 0. The molecule has 0 aliphatic heterocycles. The molecule has 1 unspecified atom stereocenters. The summed E-state index contributed by atoms with van der Waals surface area (Å²) in [6, 6.07) is 12.0. The normalized spacial score (nSPS) is 11.2. The number of hydrogen-bond donors (Lipinski definition) is 2. The lowest BCUT2D eigenvalue weighted by atomic mass is 10.0. The van der Waals surface area contributed by atoms with E-state index < -0.39 is 6.04 Å². The molecular formula is C19H24ClN3O2. The molecule has 2 aromatic carbocycles. The van der Waals surface area contributed by atoms with Gasteiger partial charge >= 0.3 is 0 Å². The average molecular weight is 362 g/mol. The van der Waals surface area contributed by atoms with Crippen LogP contribution in [0.2, 0.25) is 0 Å². The van der Waals surface area contributed by atoms with Gasteiger partial charge in [-0.05, 0) is 43.2 Å². The van der Waals surface area contributed by atoms with Gasteiger partial charge in [0.15, 0.2) is 0 Å². The Labute approximate surface area is 154 Å². The molecule has 0 aliphatic carbocycles. The first-order chi connectivity index (χ1) is 11.3. The lowest BCUT2D eigenvalue weighted by Crippen LogP contribution is -2.28. The summed E-state index contributed by atoms with van der Waals surface area (Å²) in [5.74, 6) is -0.355. The average Bonchev–Trinajstić information content (AvgIpc) is 2.54. The van der Waals surface area contributed by atoms with Crippen LogP contribution in [0.4, 0.5) is 5.69 Å². The highest BCUT2D eigenvalue weighted by atomic mass is 35.5. The van der Waals surface area contributed by atoms with E-state index in [-0.39, 0.29) is 24.2 Å². The third-order valence-corrected chi connectivity index (χ3v) is 3.85. The van der Waals surface area contributed by atoms with Crippen molar-refractivity contribution in [3.05, 3.63) is 64.7 Å². The maximum Gasteiger partial charge on any atom is 0.253 e. The summed E-state index contributed by atoms with van der Waals surface area (Å²) in [5.41, 5.74) is 9.93. The Bertz CT molecular complexity index is 758. The SMILES string of the molecule is Cc1ccc(C(N)C(=O)Nc2ccc(C(=O)N(C)C)c(C)c2)cc1.Cl. The molecule has 0 radical (unpaired) electrons. The predicted molar refractivity (Wildman–Crippen MR) is 103 cm³/mol. The van der Waals surface area contributed by atoms with Crippen molar-refractivity contribution in [2.24, 2.45) is 5.73 Å². The van der Waals surface area contributed by atoms with Crippen molar-refractivity contribution in [2.45, 2.75) is 19.9 Å². The monoisotopic (exact) mass is 361 g/mol. The van der Waals surface area contributed by atoms with Crippen LogP contribution in [0.5, 0.6) is 0 Å². The molecule has 6 heteroatoms. The largest absolute Gasteiger partial charge is 0.345 e. The van der Waals surface area contributed by atoms with Gasteiger partial charge in [-0.15, -0.1) is 12.4 Å². The van der Waals surface area contributed by atoms with E-state index >= 15 is 0 Å². The number of nitrogens with one attached hydrogen (secondary N) is 1. The van der Waals surface area contributed by atoms with E-state index in [0.717, 1.165) is 16.7 Å². The minimum absolute atomic E-state index is 0. The first-order valence-corrected chi connectivity index (χ1v) is 7.75. The zero-order chi connectivity index (χ0) is 17.9. The van der Waals surface area contributed by atoms with Crippen molar-refractivity contribution in [1.29, 1.82) is 0 Å². The van der Waals surface area contributed by atoms with E-state index in [4.69, 9.17) is 5.73 Å². The highest BCUT2D eigenvalue weighted by Gasteiger charge is 2.17. The van der Waals surface area contributed by atoms with Crippen molar-refractivity contribution >= 4 is 29.9 Å². The number of anilines is 1. The Balaban J connectivity index is 0.00000312. The molecule has 0 fully saturated rings. The van der Waals surface area contributed by atoms with Gasteiger partial charge in [0.1, 0.15) is 6.04 Å². The molecule has 25 heavy (non-hydrogen) atoms. The molecule has 1 atom stereocenters. The molecule has 134 valence electrons. The highest BCUT2D eigenvalue weighted by Crippen LogP contribution is 2.19. The molecular weight excluding hydrogens is 338 g/mol. The van der Waals surface area contributed by atoms with Gasteiger partial charge < -0.3 is 16.0 Å². The number of benzene rings is 2. The molecule has 2 rings (SSSR count). The third kappa shape index (κ3) is 5.05. The van der Waals surface area contributed by atoms with E-state index in [0.29, 0.717) is 11.3 Å². The number of rotatable bonds is 4. The fourth-order valence-electron chi connectivity index (χ4n) is 2.37. The van der Waals surface area contributed by atoms with Crippen LogP contribution in [0.1, 0.15) is 33.1 Å². The molecule has 2 aromatic rings. The van der Waals surface area contributed by atoms with Gasteiger partial charge in [-0.1, -0.05) is 29.8 Å². The standard InChI is InChI=1S/C19H23N3O2.ClH/c1-12-5-7-14(8-6-12)17(20)18(23)21-15-9-10-16(13(2)11-15)19(24)22(3)4;/h5-11,17H,20H2,1-4H3,(H,21,23);1H. The van der Waals surface area contributed by atoms with Gasteiger partial charge in [0.25, 0.3) is 5.91 Å². The minimum atomic E-state index is -0.742. The van der Waals surface area contributed by atoms with Gasteiger partial charge in [-0.2, -0.15) is 0 Å². The van der Waals surface area contributed by atoms with Crippen molar-refractivity contribution in [3.63, 3.8) is 0 Å². The lowest BCUT2D eigenvalue weighted by molar-refractivity contribution is -0.117. The highest BCUT2D eigenvalue weighted by molar-refractivity contribution is 5.98. The number of amides is 2. The number of aryl methyl sites for hydroxylation is 2. The Morgan fingerprint density at radius 2 is 1.64 bits per heavy atom. The summed E-state index contributed by atoms with van der Waals surface area (Å²) in [5, 5.41) is 2.80. The molecule has 0 saturated heterocycles. The molecule has 0 heterocycles. The van der Waals surface area contributed by atoms with Crippen LogP contribution in [0.25, 0.3) is 0 Å². The Hall–Kier alpha value is -2.37. The van der Waals surface area contributed by atoms with Crippen LogP contribution in [0.15, 0.2) is 42.5 Å². The van der Waals surface area contributed by atoms with Crippen LogP contribution in [0.3, 0.4) is 0 Å². The zero-order valence-electron chi connectivity index (χ0n) is 14.9. The van der Waals surface area contributed by atoms with Crippen LogP contribution in [-0.4, -0.2) is 30.8 Å². The minimum Gasteiger partial charge on any atom is -0.345 e. The molecule has 0 saturated carbocycles. The molecule has 0 aliphatic rings. The predicted octanol–water partition coefficient (Wildman–Crippen LogP) is 3.07. The molecule has 5 nitrogen and oxygen atoms in total. The second-order valence-electron chi connectivity index (χ2n) is 6.11. The number of carbonyl (C=O) groups excluding carboxylic acids is 2. The van der Waals surface area contributed by atoms with Crippen molar-refractivity contribution in [2.75, 3.05) is 19.4 Å². The Morgan fingerprint density at radius 3 is 2.16 bits per heavy atom. The number of hydrogen-bond acceptors (Lipinski definition) is 3. The van der Waals surface area contributed by atoms with Gasteiger partial charge in [0, 0.05) is 25.3 Å². The van der Waals surface area contributed by atoms with E-state index in [1.165, 1.54) is 4.90 Å². The first-order valence-electron chi connectivity index (χ1n) is 7.75. The van der Waals surface area contributed by atoms with Crippen LogP contribution >= 0.6 is 12.4 Å². The maximum absolute atomic E-state index is 12.3. The molecule has 2 amide bonds. The van der Waals surface area contributed by atoms with Gasteiger partial charge in [-0.25, -0.2) is 0 Å². The summed E-state index contributed by atoms with van der Waals surface area (Å²) in [6.07, 6.45) is 0. The lowest BCUT2D eigenvalue weighted by Gasteiger charge is -2.15. The van der Waals surface area contributed by atoms with Crippen LogP contribution < -0.4 is 11.1 Å². The number of halogens is 1. The van der Waals surface area contributed by atoms with E-state index in [1.807, 2.05) is 38.1 Å². The van der Waals surface area contributed by atoms with Crippen molar-refractivity contribution < 1.29 is 9.59 Å². The number of carbonyl (C=O) groups is 2. The fraction of sp³-hybridized carbons (Fsp3) is 0.263. The van der Waals surface area contributed by atoms with E-state index in [2.05, 4.69) is 5.32 Å². The summed E-state index contributed by atoms with van der Waals surface area (Å²) < 4.78 is 0. The van der Waals surface area contributed by atoms with Crippen molar-refractivity contribution in [3.8, 4) is 0 Å². The fourth-order valence-corrected chi connectivity index (χ4v) is 2.37. The quantitative estimate of drug-likeness (QED) is 0.878. The van der Waals surface area contributed by atoms with Gasteiger partial charge in [0.2, 0.25) is 5.91 Å².